The number of carboxylic acids is 1. The van der Waals surface area contributed by atoms with Gasteiger partial charge in [0, 0.05) is 5.39 Å². The van der Waals surface area contributed by atoms with Gasteiger partial charge in [-0.15, -0.1) is 0 Å². The summed E-state index contributed by atoms with van der Waals surface area (Å²) in [6.07, 6.45) is 1.29. The zero-order valence-corrected chi connectivity index (χ0v) is 9.25. The summed E-state index contributed by atoms with van der Waals surface area (Å²) in [5.74, 6) is -1.10. The van der Waals surface area contributed by atoms with Crippen LogP contribution in [0.15, 0.2) is 24.5 Å². The van der Waals surface area contributed by atoms with Gasteiger partial charge >= 0.3 is 5.97 Å². The van der Waals surface area contributed by atoms with Crippen molar-refractivity contribution in [1.82, 2.24) is 9.97 Å². The molecule has 0 fully saturated rings. The number of nitrogens with two attached hydrogens (primary N) is 1. The van der Waals surface area contributed by atoms with Crippen molar-refractivity contribution in [2.75, 3.05) is 11.9 Å². The largest absolute Gasteiger partial charge is 0.478 e. The molecule has 2 aromatic rings. The number of hydrogen-bond acceptors (Lipinski definition) is 5. The van der Waals surface area contributed by atoms with E-state index in [0.29, 0.717) is 16.7 Å². The first kappa shape index (κ1) is 11.8. The molecule has 1 aromatic heterocycles. The lowest BCUT2D eigenvalue weighted by atomic mass is 10.1. The molecule has 1 heterocycles. The van der Waals surface area contributed by atoms with Gasteiger partial charge in [0.1, 0.15) is 12.1 Å². The maximum absolute atomic E-state index is 10.8. The molecular weight excluding hydrogens is 236 g/mol. The van der Waals surface area contributed by atoms with Crippen LogP contribution in [-0.4, -0.2) is 33.5 Å². The van der Waals surface area contributed by atoms with E-state index < -0.39 is 11.9 Å². The second kappa shape index (κ2) is 4.66. The molecule has 0 unspecified atom stereocenters. The predicted molar refractivity (Wildman–Crippen MR) is 64.2 cm³/mol. The quantitative estimate of drug-likeness (QED) is 0.710. The molecule has 0 saturated heterocycles. The summed E-state index contributed by atoms with van der Waals surface area (Å²) in [6, 6.07) is 4.47. The molecule has 0 radical (unpaired) electrons. The van der Waals surface area contributed by atoms with E-state index in [2.05, 4.69) is 15.3 Å². The van der Waals surface area contributed by atoms with Gasteiger partial charge < -0.3 is 16.2 Å². The van der Waals surface area contributed by atoms with Gasteiger partial charge in [-0.1, -0.05) is 0 Å². The van der Waals surface area contributed by atoms with Crippen molar-refractivity contribution in [3.63, 3.8) is 0 Å². The Balaban J connectivity index is 2.43. The molecule has 7 heteroatoms. The number of aromatic nitrogens is 2. The zero-order valence-electron chi connectivity index (χ0n) is 9.25. The summed E-state index contributed by atoms with van der Waals surface area (Å²) in [6.45, 7) is -0.0488. The molecular formula is C11H10N4O3. The first-order valence-electron chi connectivity index (χ1n) is 5.08. The number of carboxylic acid groups (broad SMARTS) is 1. The zero-order chi connectivity index (χ0) is 13.1. The van der Waals surface area contributed by atoms with Crippen LogP contribution < -0.4 is 11.1 Å². The lowest BCUT2D eigenvalue weighted by molar-refractivity contribution is -0.116. The number of benzene rings is 1. The average Bonchev–Trinajstić information content (AvgIpc) is 2.35. The van der Waals surface area contributed by atoms with Crippen molar-refractivity contribution < 1.29 is 14.7 Å². The Morgan fingerprint density at radius 1 is 1.33 bits per heavy atom. The van der Waals surface area contributed by atoms with Gasteiger partial charge in [0.05, 0.1) is 17.6 Å². The number of fused-ring (bicyclic) bond motifs is 1. The highest BCUT2D eigenvalue weighted by Gasteiger charge is 2.08. The maximum atomic E-state index is 10.8. The molecule has 1 amide bonds. The molecule has 1 aromatic carbocycles. The topological polar surface area (TPSA) is 118 Å². The average molecular weight is 246 g/mol. The Hall–Kier alpha value is -2.70. The van der Waals surface area contributed by atoms with Crippen LogP contribution in [0.2, 0.25) is 0 Å². The number of rotatable bonds is 4. The van der Waals surface area contributed by atoms with E-state index >= 15 is 0 Å². The molecule has 0 spiro atoms. The first-order valence-corrected chi connectivity index (χ1v) is 5.08. The highest BCUT2D eigenvalue weighted by molar-refractivity contribution is 5.96. The molecule has 0 atom stereocenters. The molecule has 92 valence electrons. The lowest BCUT2D eigenvalue weighted by Crippen LogP contribution is -2.22. The number of amides is 1. The summed E-state index contributed by atoms with van der Waals surface area (Å²) in [5, 5.41) is 12.3. The molecule has 18 heavy (non-hydrogen) atoms. The highest BCUT2D eigenvalue weighted by Crippen LogP contribution is 2.20. The van der Waals surface area contributed by atoms with E-state index in [9.17, 15) is 9.59 Å². The van der Waals surface area contributed by atoms with Gasteiger partial charge in [0.15, 0.2) is 0 Å². The number of anilines is 1. The molecule has 0 aliphatic heterocycles. The van der Waals surface area contributed by atoms with Crippen LogP contribution in [0.5, 0.6) is 0 Å². The third kappa shape index (κ3) is 2.34. The molecule has 7 nitrogen and oxygen atoms in total. The number of carbonyl (C=O) groups excluding carboxylic acids is 1. The van der Waals surface area contributed by atoms with E-state index in [1.807, 2.05) is 0 Å². The second-order valence-electron chi connectivity index (χ2n) is 3.58. The SMILES string of the molecule is NC(=O)CNc1ncnc2cc(C(=O)O)ccc12. The fourth-order valence-corrected chi connectivity index (χ4v) is 1.50. The summed E-state index contributed by atoms with van der Waals surface area (Å²) >= 11 is 0. The van der Waals surface area contributed by atoms with Crippen molar-refractivity contribution in [1.29, 1.82) is 0 Å². The molecule has 0 aliphatic carbocycles. The van der Waals surface area contributed by atoms with Gasteiger partial charge in [-0.25, -0.2) is 14.8 Å². The summed E-state index contributed by atoms with van der Waals surface area (Å²) in [7, 11) is 0. The van der Waals surface area contributed by atoms with Crippen molar-refractivity contribution in [2.24, 2.45) is 5.73 Å². The molecule has 0 aliphatic rings. The molecule has 2 rings (SSSR count). The Morgan fingerprint density at radius 3 is 2.78 bits per heavy atom. The normalized spacial score (nSPS) is 10.2. The third-order valence-corrected chi connectivity index (χ3v) is 2.31. The first-order chi connectivity index (χ1) is 8.58. The second-order valence-corrected chi connectivity index (χ2v) is 3.58. The smallest absolute Gasteiger partial charge is 0.335 e. The number of hydrogen-bond donors (Lipinski definition) is 3. The van der Waals surface area contributed by atoms with Gasteiger partial charge in [-0.2, -0.15) is 0 Å². The summed E-state index contributed by atoms with van der Waals surface area (Å²) in [4.78, 5) is 29.5. The van der Waals surface area contributed by atoms with Gasteiger partial charge in [0.25, 0.3) is 0 Å². The third-order valence-electron chi connectivity index (χ3n) is 2.31. The van der Waals surface area contributed by atoms with E-state index in [0.717, 1.165) is 0 Å². The molecule has 0 bridgehead atoms. The molecule has 4 N–H and O–H groups in total. The van der Waals surface area contributed by atoms with Crippen LogP contribution in [0.3, 0.4) is 0 Å². The number of nitrogens with one attached hydrogen (secondary N) is 1. The number of nitrogens with zero attached hydrogens (tertiary/aromatic N) is 2. The Kier molecular flexibility index (Phi) is 3.05. The van der Waals surface area contributed by atoms with Crippen LogP contribution >= 0.6 is 0 Å². The van der Waals surface area contributed by atoms with Gasteiger partial charge in [-0.05, 0) is 18.2 Å². The highest BCUT2D eigenvalue weighted by atomic mass is 16.4. The van der Waals surface area contributed by atoms with E-state index in [1.165, 1.54) is 18.5 Å². The van der Waals surface area contributed by atoms with E-state index in [4.69, 9.17) is 10.8 Å². The van der Waals surface area contributed by atoms with Crippen molar-refractivity contribution in [3.8, 4) is 0 Å². The van der Waals surface area contributed by atoms with Crippen LogP contribution in [0.1, 0.15) is 10.4 Å². The van der Waals surface area contributed by atoms with Crippen molar-refractivity contribution in [3.05, 3.63) is 30.1 Å². The standard InChI is InChI=1S/C11H10N4O3/c12-9(16)4-13-10-7-2-1-6(11(17)18)3-8(7)14-5-15-10/h1-3,5H,4H2,(H2,12,16)(H,17,18)(H,13,14,15). The fraction of sp³-hybridized carbons (Fsp3) is 0.0909. The molecule has 0 saturated carbocycles. The summed E-state index contributed by atoms with van der Waals surface area (Å²) in [5.41, 5.74) is 5.65. The Morgan fingerprint density at radius 2 is 2.11 bits per heavy atom. The summed E-state index contributed by atoms with van der Waals surface area (Å²) < 4.78 is 0. The Bertz CT molecular complexity index is 627. The fourth-order valence-electron chi connectivity index (χ4n) is 1.50. The van der Waals surface area contributed by atoms with Gasteiger partial charge in [0.2, 0.25) is 5.91 Å². The predicted octanol–water partition coefficient (Wildman–Crippen LogP) is 0.225. The minimum Gasteiger partial charge on any atom is -0.478 e. The van der Waals surface area contributed by atoms with E-state index in [1.54, 1.807) is 6.07 Å². The van der Waals surface area contributed by atoms with Crippen molar-refractivity contribution >= 4 is 28.6 Å². The van der Waals surface area contributed by atoms with E-state index in [-0.39, 0.29) is 12.1 Å². The lowest BCUT2D eigenvalue weighted by Gasteiger charge is -2.06. The minimum atomic E-state index is -1.03. The monoisotopic (exact) mass is 246 g/mol. The minimum absolute atomic E-state index is 0.0488. The van der Waals surface area contributed by atoms with Gasteiger partial charge in [-0.3, -0.25) is 4.79 Å². The number of primary amides is 1. The van der Waals surface area contributed by atoms with Crippen molar-refractivity contribution in [2.45, 2.75) is 0 Å². The maximum Gasteiger partial charge on any atom is 0.335 e. The van der Waals surface area contributed by atoms with Crippen LogP contribution in [0.25, 0.3) is 10.9 Å². The van der Waals surface area contributed by atoms with Crippen LogP contribution in [0, 0.1) is 0 Å². The number of carbonyl (C=O) groups is 2. The van der Waals surface area contributed by atoms with Crippen LogP contribution in [-0.2, 0) is 4.79 Å². The van der Waals surface area contributed by atoms with Crippen LogP contribution in [0.4, 0.5) is 5.82 Å². The number of aromatic carboxylic acids is 1. The Labute approximate surface area is 102 Å².